The van der Waals surface area contributed by atoms with E-state index in [1.165, 1.54) is 32.1 Å². The molecule has 0 unspecified atom stereocenters. The zero-order valence-electron chi connectivity index (χ0n) is 26.1. The van der Waals surface area contributed by atoms with Crippen LogP contribution in [0, 0.1) is 23.2 Å². The zero-order chi connectivity index (χ0) is 27.3. The van der Waals surface area contributed by atoms with Crippen molar-refractivity contribution in [3.8, 4) is 0 Å². The predicted octanol–water partition coefficient (Wildman–Crippen LogP) is 9.17. The van der Waals surface area contributed by atoms with E-state index in [-0.39, 0.29) is 27.9 Å². The van der Waals surface area contributed by atoms with Crippen LogP contribution in [0.5, 0.6) is 0 Å². The van der Waals surface area contributed by atoms with Crippen molar-refractivity contribution in [3.05, 3.63) is 0 Å². The molecule has 0 radical (unpaired) electrons. The molecule has 0 spiro atoms. The van der Waals surface area contributed by atoms with Crippen LogP contribution >= 0.6 is 0 Å². The first-order valence-electron chi connectivity index (χ1n) is 14.6. The summed E-state index contributed by atoms with van der Waals surface area (Å²) in [6.45, 7) is 33.1. The molecular formula is C30H62O3Si2. The Labute approximate surface area is 221 Å². The van der Waals surface area contributed by atoms with E-state index in [0.717, 1.165) is 12.8 Å². The van der Waals surface area contributed by atoms with E-state index in [0.29, 0.717) is 23.2 Å². The van der Waals surface area contributed by atoms with Crippen molar-refractivity contribution in [1.29, 1.82) is 0 Å². The number of aliphatic hydroxyl groups is 1. The largest absolute Gasteiger partial charge is 0.411 e. The van der Waals surface area contributed by atoms with Crippen LogP contribution in [-0.4, -0.2) is 39.6 Å². The molecule has 35 heavy (non-hydrogen) atoms. The predicted molar refractivity (Wildman–Crippen MR) is 157 cm³/mol. The van der Waals surface area contributed by atoms with Crippen molar-refractivity contribution in [1.82, 2.24) is 0 Å². The van der Waals surface area contributed by atoms with Gasteiger partial charge in [0.25, 0.3) is 0 Å². The molecule has 0 aromatic carbocycles. The molecule has 0 aliphatic heterocycles. The van der Waals surface area contributed by atoms with E-state index < -0.39 is 16.6 Å². The van der Waals surface area contributed by atoms with Crippen molar-refractivity contribution in [2.75, 3.05) is 0 Å². The van der Waals surface area contributed by atoms with Gasteiger partial charge < -0.3 is 14.0 Å². The first kappa shape index (κ1) is 31.5. The molecule has 2 fully saturated rings. The topological polar surface area (TPSA) is 38.7 Å². The average Bonchev–Trinajstić information content (AvgIpc) is 3.00. The van der Waals surface area contributed by atoms with E-state index >= 15 is 0 Å². The summed E-state index contributed by atoms with van der Waals surface area (Å²) >= 11 is 0. The lowest BCUT2D eigenvalue weighted by atomic mass is 9.61. The normalized spacial score (nSPS) is 30.8. The molecule has 2 saturated carbocycles. The van der Waals surface area contributed by atoms with Gasteiger partial charge in [-0.2, -0.15) is 0 Å². The maximum Gasteiger partial charge on any atom is 0.192 e. The smallest absolute Gasteiger partial charge is 0.192 e. The third kappa shape index (κ3) is 6.85. The Balaban J connectivity index is 2.24. The molecule has 1 N–H and O–H groups in total. The fourth-order valence-corrected chi connectivity index (χ4v) is 9.92. The number of rotatable bonds is 9. The first-order valence-corrected chi connectivity index (χ1v) is 20.4. The number of hydrogen-bond acceptors (Lipinski definition) is 3. The molecule has 0 heterocycles. The van der Waals surface area contributed by atoms with Gasteiger partial charge in [-0.05, 0) is 112 Å². The lowest BCUT2D eigenvalue weighted by molar-refractivity contribution is -0.0447. The fraction of sp³-hybridized carbons (Fsp3) is 1.00. The summed E-state index contributed by atoms with van der Waals surface area (Å²) in [7, 11) is -3.89. The Hall–Kier alpha value is 0.314. The summed E-state index contributed by atoms with van der Waals surface area (Å²) in [5.74, 6) is 1.85. The molecule has 2 aliphatic carbocycles. The summed E-state index contributed by atoms with van der Waals surface area (Å²) in [4.78, 5) is 0. The van der Waals surface area contributed by atoms with Gasteiger partial charge in [-0.3, -0.25) is 0 Å². The van der Waals surface area contributed by atoms with Gasteiger partial charge in [-0.25, -0.2) is 0 Å². The minimum Gasteiger partial charge on any atom is -0.411 e. The molecule has 0 amide bonds. The van der Waals surface area contributed by atoms with E-state index in [1.807, 2.05) is 0 Å². The average molecular weight is 527 g/mol. The van der Waals surface area contributed by atoms with Gasteiger partial charge in [0.15, 0.2) is 16.6 Å². The molecule has 0 bridgehead atoms. The minimum absolute atomic E-state index is 0.0856. The van der Waals surface area contributed by atoms with Crippen LogP contribution in [0.4, 0.5) is 0 Å². The van der Waals surface area contributed by atoms with E-state index in [1.54, 1.807) is 0 Å². The second-order valence-corrected chi connectivity index (χ2v) is 25.6. The number of hydrogen-bond donors (Lipinski definition) is 1. The minimum atomic E-state index is -1.95. The van der Waals surface area contributed by atoms with E-state index in [4.69, 9.17) is 8.85 Å². The van der Waals surface area contributed by atoms with Crippen molar-refractivity contribution in [2.24, 2.45) is 23.2 Å². The van der Waals surface area contributed by atoms with Gasteiger partial charge >= 0.3 is 0 Å². The van der Waals surface area contributed by atoms with Gasteiger partial charge in [0.1, 0.15) is 0 Å². The van der Waals surface area contributed by atoms with Crippen LogP contribution in [0.25, 0.3) is 0 Å². The first-order chi connectivity index (χ1) is 15.6. The molecule has 3 nitrogen and oxygen atoms in total. The van der Waals surface area contributed by atoms with Gasteiger partial charge in [0.05, 0.1) is 17.8 Å². The van der Waals surface area contributed by atoms with Crippen LogP contribution in [0.1, 0.15) is 114 Å². The SMILES string of the molecule is C[C@@H](CC[C@H](O[Si](C)(C)C(C)(C)C)C(C)(C)O[Si](C)(C)C(C)(C)C)[C@H]1CC[C@H]2[C@@H](O)CCC[C@]12C. The molecule has 0 saturated heterocycles. The number of aliphatic hydroxyl groups excluding tert-OH is 1. The van der Waals surface area contributed by atoms with E-state index in [2.05, 4.69) is 95.4 Å². The molecule has 5 heteroatoms. The zero-order valence-corrected chi connectivity index (χ0v) is 28.1. The molecule has 0 aromatic rings. The number of fused-ring (bicyclic) bond motifs is 1. The van der Waals surface area contributed by atoms with Gasteiger partial charge in [0.2, 0.25) is 0 Å². The monoisotopic (exact) mass is 526 g/mol. The molecule has 208 valence electrons. The summed E-state index contributed by atoms with van der Waals surface area (Å²) in [6, 6.07) is 0. The van der Waals surface area contributed by atoms with E-state index in [9.17, 15) is 5.11 Å². The second-order valence-electron chi connectivity index (χ2n) is 16.1. The second kappa shape index (κ2) is 10.5. The van der Waals surface area contributed by atoms with Gasteiger partial charge in [0, 0.05) is 0 Å². The Morgan fingerprint density at radius 3 is 1.91 bits per heavy atom. The highest BCUT2D eigenvalue weighted by Crippen LogP contribution is 2.58. The van der Waals surface area contributed by atoms with Crippen LogP contribution < -0.4 is 0 Å². The Bertz CT molecular complexity index is 703. The Morgan fingerprint density at radius 1 is 0.857 bits per heavy atom. The van der Waals surface area contributed by atoms with Crippen molar-refractivity contribution in [2.45, 2.75) is 168 Å². The fourth-order valence-electron chi connectivity index (χ4n) is 6.70. The highest BCUT2D eigenvalue weighted by Gasteiger charge is 2.53. The molecule has 6 atom stereocenters. The van der Waals surface area contributed by atoms with Crippen LogP contribution in [0.3, 0.4) is 0 Å². The summed E-state index contributed by atoms with van der Waals surface area (Å²) in [5.41, 5.74) is -0.0125. The Morgan fingerprint density at radius 2 is 1.40 bits per heavy atom. The van der Waals surface area contributed by atoms with Crippen LogP contribution in [-0.2, 0) is 8.85 Å². The third-order valence-electron chi connectivity index (χ3n) is 11.1. The highest BCUT2D eigenvalue weighted by atomic mass is 28.4. The summed E-state index contributed by atoms with van der Waals surface area (Å²) < 4.78 is 14.3. The maximum absolute atomic E-state index is 10.7. The van der Waals surface area contributed by atoms with Gasteiger partial charge in [-0.1, -0.05) is 61.8 Å². The summed E-state index contributed by atoms with van der Waals surface area (Å²) in [6.07, 6.45) is 8.19. The lowest BCUT2D eigenvalue weighted by Gasteiger charge is -2.49. The highest BCUT2D eigenvalue weighted by molar-refractivity contribution is 6.74. The molecule has 0 aromatic heterocycles. The molecular weight excluding hydrogens is 464 g/mol. The van der Waals surface area contributed by atoms with Gasteiger partial charge in [-0.15, -0.1) is 0 Å². The summed E-state index contributed by atoms with van der Waals surface area (Å²) in [5, 5.41) is 11.1. The van der Waals surface area contributed by atoms with Crippen LogP contribution in [0.2, 0.25) is 36.3 Å². The molecule has 2 aliphatic rings. The molecule has 2 rings (SSSR count). The van der Waals surface area contributed by atoms with Crippen molar-refractivity contribution >= 4 is 16.6 Å². The van der Waals surface area contributed by atoms with Crippen molar-refractivity contribution in [3.63, 3.8) is 0 Å². The lowest BCUT2D eigenvalue weighted by Crippen LogP contribution is -2.56. The van der Waals surface area contributed by atoms with Crippen molar-refractivity contribution < 1.29 is 14.0 Å². The maximum atomic E-state index is 10.7. The Kier molecular flexibility index (Phi) is 9.43. The standard InChI is InChI=1S/C30H62O3Si2/c1-22(23-18-19-24-25(31)16-15-21-30(23,24)10)17-20-26(32-34(11,12)27(2,3)4)29(8,9)33-35(13,14)28(5,6)7/h22-26,31H,15-21H2,1-14H3/t22-,23+,24-,25-,26-,30+/m0/s1. The van der Waals surface area contributed by atoms with Crippen LogP contribution in [0.15, 0.2) is 0 Å². The quantitative estimate of drug-likeness (QED) is 0.304. The third-order valence-corrected chi connectivity index (χ3v) is 20.2.